The van der Waals surface area contributed by atoms with Crippen molar-refractivity contribution in [2.75, 3.05) is 0 Å². The molecule has 0 aromatic heterocycles. The van der Waals surface area contributed by atoms with Crippen LogP contribution in [0.1, 0.15) is 18.4 Å². The summed E-state index contributed by atoms with van der Waals surface area (Å²) in [6.07, 6.45) is -0.829. The fourth-order valence-electron chi connectivity index (χ4n) is 1.88. The summed E-state index contributed by atoms with van der Waals surface area (Å²) in [5, 5.41) is -0.0902. The Morgan fingerprint density at radius 2 is 1.87 bits per heavy atom. The Morgan fingerprint density at radius 1 is 1.27 bits per heavy atom. The second-order valence-corrected chi connectivity index (χ2v) is 4.40. The zero-order chi connectivity index (χ0) is 11.3. The second kappa shape index (κ2) is 3.12. The van der Waals surface area contributed by atoms with Crippen LogP contribution in [0.2, 0.25) is 5.02 Å². The van der Waals surface area contributed by atoms with E-state index in [1.54, 1.807) is 0 Å². The van der Waals surface area contributed by atoms with Gasteiger partial charge >= 0.3 is 0 Å². The van der Waals surface area contributed by atoms with Crippen LogP contribution in [0.4, 0.5) is 13.2 Å². The fraction of sp³-hybridized carbons (Fsp3) is 0.400. The molecule has 0 spiro atoms. The molecule has 2 rings (SSSR count). The molecule has 1 saturated carbocycles. The maximum Gasteiger partial charge on any atom is 0.252 e. The quantitative estimate of drug-likeness (QED) is 0.796. The molecule has 1 nitrogen and oxygen atoms in total. The van der Waals surface area contributed by atoms with E-state index < -0.39 is 30.1 Å². The Balaban J connectivity index is 2.28. The molecule has 15 heavy (non-hydrogen) atoms. The van der Waals surface area contributed by atoms with E-state index >= 15 is 0 Å². The third kappa shape index (κ3) is 1.84. The molecular formula is C10H9ClF3N. The van der Waals surface area contributed by atoms with Crippen molar-refractivity contribution in [1.29, 1.82) is 0 Å². The van der Waals surface area contributed by atoms with E-state index in [9.17, 15) is 13.2 Å². The molecule has 1 aromatic carbocycles. The minimum atomic E-state index is -2.71. The maximum atomic E-state index is 12.8. The van der Waals surface area contributed by atoms with Gasteiger partial charge in [0.2, 0.25) is 0 Å². The summed E-state index contributed by atoms with van der Waals surface area (Å²) in [7, 11) is 0. The Morgan fingerprint density at radius 3 is 2.33 bits per heavy atom. The van der Waals surface area contributed by atoms with Gasteiger partial charge in [0.25, 0.3) is 5.92 Å². The van der Waals surface area contributed by atoms with Gasteiger partial charge in [0.15, 0.2) is 0 Å². The summed E-state index contributed by atoms with van der Waals surface area (Å²) in [6, 6.07) is 3.85. The topological polar surface area (TPSA) is 26.0 Å². The van der Waals surface area contributed by atoms with Gasteiger partial charge in [-0.05, 0) is 17.7 Å². The van der Waals surface area contributed by atoms with Crippen molar-refractivity contribution >= 4 is 11.6 Å². The predicted octanol–water partition coefficient (Wildman–Crippen LogP) is 3.06. The molecule has 0 unspecified atom stereocenters. The zero-order valence-electron chi connectivity index (χ0n) is 7.74. The van der Waals surface area contributed by atoms with Crippen molar-refractivity contribution in [3.8, 4) is 0 Å². The molecular weight excluding hydrogens is 227 g/mol. The maximum absolute atomic E-state index is 12.8. The van der Waals surface area contributed by atoms with E-state index in [4.69, 9.17) is 17.3 Å². The van der Waals surface area contributed by atoms with Gasteiger partial charge in [0, 0.05) is 12.8 Å². The van der Waals surface area contributed by atoms with Gasteiger partial charge in [0.1, 0.15) is 5.82 Å². The number of halogens is 4. The van der Waals surface area contributed by atoms with Crippen LogP contribution in [-0.4, -0.2) is 5.92 Å². The Kier molecular flexibility index (Phi) is 2.24. The normalized spacial score (nSPS) is 22.2. The van der Waals surface area contributed by atoms with Crippen LogP contribution in [0.3, 0.4) is 0 Å². The van der Waals surface area contributed by atoms with E-state index in [1.165, 1.54) is 12.1 Å². The first-order valence-electron chi connectivity index (χ1n) is 4.45. The van der Waals surface area contributed by atoms with Crippen LogP contribution in [-0.2, 0) is 5.54 Å². The summed E-state index contributed by atoms with van der Waals surface area (Å²) in [5.74, 6) is -3.29. The van der Waals surface area contributed by atoms with Gasteiger partial charge in [0.05, 0.1) is 10.6 Å². The first-order valence-corrected chi connectivity index (χ1v) is 4.82. The number of rotatable bonds is 1. The van der Waals surface area contributed by atoms with Crippen molar-refractivity contribution in [3.05, 3.63) is 34.6 Å². The second-order valence-electron chi connectivity index (χ2n) is 3.99. The lowest BCUT2D eigenvalue weighted by molar-refractivity contribution is -0.125. The van der Waals surface area contributed by atoms with Crippen molar-refractivity contribution in [2.24, 2.45) is 5.73 Å². The van der Waals surface area contributed by atoms with Crippen LogP contribution in [0.5, 0.6) is 0 Å². The molecule has 0 radical (unpaired) electrons. The van der Waals surface area contributed by atoms with Gasteiger partial charge in [-0.25, -0.2) is 13.2 Å². The number of alkyl halides is 2. The largest absolute Gasteiger partial charge is 0.321 e. The van der Waals surface area contributed by atoms with Gasteiger partial charge < -0.3 is 5.73 Å². The average Bonchev–Trinajstić information content (AvgIpc) is 2.06. The number of hydrogen-bond acceptors (Lipinski definition) is 1. The minimum absolute atomic E-state index is 0.0902. The molecule has 0 aliphatic heterocycles. The third-order valence-corrected chi connectivity index (χ3v) is 2.93. The smallest absolute Gasteiger partial charge is 0.252 e. The highest BCUT2D eigenvalue weighted by molar-refractivity contribution is 6.30. The van der Waals surface area contributed by atoms with Crippen LogP contribution in [0.25, 0.3) is 0 Å². The minimum Gasteiger partial charge on any atom is -0.321 e. The van der Waals surface area contributed by atoms with Crippen LogP contribution in [0.15, 0.2) is 18.2 Å². The monoisotopic (exact) mass is 235 g/mol. The molecule has 1 fully saturated rings. The summed E-state index contributed by atoms with van der Waals surface area (Å²) in [5.41, 5.74) is 5.15. The lowest BCUT2D eigenvalue weighted by Crippen LogP contribution is -2.55. The molecule has 1 aliphatic rings. The lowest BCUT2D eigenvalue weighted by atomic mass is 9.70. The van der Waals surface area contributed by atoms with E-state index in [1.807, 2.05) is 0 Å². The third-order valence-electron chi connectivity index (χ3n) is 2.64. The molecule has 0 bridgehead atoms. The number of nitrogens with two attached hydrogens (primary N) is 1. The molecule has 1 aromatic rings. The van der Waals surface area contributed by atoms with Crippen molar-refractivity contribution in [1.82, 2.24) is 0 Å². The van der Waals surface area contributed by atoms with Crippen LogP contribution in [0, 0.1) is 5.82 Å². The van der Waals surface area contributed by atoms with E-state index in [0.717, 1.165) is 6.07 Å². The molecule has 2 N–H and O–H groups in total. The molecule has 0 saturated heterocycles. The van der Waals surface area contributed by atoms with Gasteiger partial charge in [-0.3, -0.25) is 0 Å². The van der Waals surface area contributed by atoms with Crippen molar-refractivity contribution < 1.29 is 13.2 Å². The lowest BCUT2D eigenvalue weighted by Gasteiger charge is -2.44. The van der Waals surface area contributed by atoms with E-state index in [0.29, 0.717) is 5.56 Å². The Labute approximate surface area is 90.0 Å². The zero-order valence-corrected chi connectivity index (χ0v) is 8.49. The summed E-state index contributed by atoms with van der Waals surface area (Å²) in [6.45, 7) is 0. The first-order chi connectivity index (χ1) is 6.82. The highest BCUT2D eigenvalue weighted by atomic mass is 35.5. The van der Waals surface area contributed by atoms with Gasteiger partial charge in [-0.2, -0.15) is 0 Å². The Bertz CT molecular complexity index is 398. The van der Waals surface area contributed by atoms with Gasteiger partial charge in [-0.15, -0.1) is 0 Å². The van der Waals surface area contributed by atoms with Crippen LogP contribution >= 0.6 is 11.6 Å². The first kappa shape index (κ1) is 10.8. The molecule has 0 atom stereocenters. The molecule has 1 aliphatic carbocycles. The van der Waals surface area contributed by atoms with E-state index in [2.05, 4.69) is 0 Å². The fourth-order valence-corrected chi connectivity index (χ4v) is 2.06. The Hall–Kier alpha value is -0.740. The molecule has 0 heterocycles. The summed E-state index contributed by atoms with van der Waals surface area (Å²) < 4.78 is 38.3. The molecule has 5 heteroatoms. The van der Waals surface area contributed by atoms with Crippen LogP contribution < -0.4 is 5.73 Å². The van der Waals surface area contributed by atoms with Gasteiger partial charge in [-0.1, -0.05) is 17.7 Å². The average molecular weight is 236 g/mol. The highest BCUT2D eigenvalue weighted by Crippen LogP contribution is 2.50. The SMILES string of the molecule is NC1(c2ccc(F)c(Cl)c2)CC(F)(F)C1. The summed E-state index contributed by atoms with van der Waals surface area (Å²) >= 11 is 5.55. The van der Waals surface area contributed by atoms with Crippen molar-refractivity contribution in [3.63, 3.8) is 0 Å². The number of benzene rings is 1. The summed E-state index contributed by atoms with van der Waals surface area (Å²) in [4.78, 5) is 0. The van der Waals surface area contributed by atoms with Crippen molar-refractivity contribution in [2.45, 2.75) is 24.3 Å². The standard InChI is InChI=1S/C10H9ClF3N/c11-7-3-6(1-2-8(7)12)9(15)4-10(13,14)5-9/h1-3H,4-5,15H2. The highest BCUT2D eigenvalue weighted by Gasteiger charge is 2.55. The number of hydrogen-bond donors (Lipinski definition) is 1. The molecule has 82 valence electrons. The molecule has 0 amide bonds. The van der Waals surface area contributed by atoms with E-state index in [-0.39, 0.29) is 5.02 Å². The predicted molar refractivity (Wildman–Crippen MR) is 51.5 cm³/mol.